The Hall–Kier alpha value is -3.90. The molecule has 1 atom stereocenters. The molecule has 1 aliphatic heterocycles. The average molecular weight is 550 g/mol. The lowest BCUT2D eigenvalue weighted by Gasteiger charge is -2.23. The van der Waals surface area contributed by atoms with Crippen molar-refractivity contribution < 1.29 is 4.74 Å². The van der Waals surface area contributed by atoms with Crippen molar-refractivity contribution in [1.29, 1.82) is 0 Å². The summed E-state index contributed by atoms with van der Waals surface area (Å²) in [5.74, 6) is 2.94. The number of ether oxygens (including phenoxy) is 1. The van der Waals surface area contributed by atoms with Crippen LogP contribution in [0.4, 0.5) is 17.6 Å². The summed E-state index contributed by atoms with van der Waals surface area (Å²) in [6, 6.07) is 2.45. The van der Waals surface area contributed by atoms with E-state index in [-0.39, 0.29) is 5.41 Å². The Morgan fingerprint density at radius 1 is 1.08 bits per heavy atom. The van der Waals surface area contributed by atoms with Crippen molar-refractivity contribution in [3.05, 3.63) is 41.6 Å². The summed E-state index contributed by atoms with van der Waals surface area (Å²) >= 11 is 6.84. The quantitative estimate of drug-likeness (QED) is 0.313. The van der Waals surface area contributed by atoms with Gasteiger partial charge in [-0.2, -0.15) is 15.2 Å². The van der Waals surface area contributed by atoms with Gasteiger partial charge in [-0.1, -0.05) is 32.4 Å². The number of hydrogen-bond donors (Lipinski definition) is 2. The highest BCUT2D eigenvalue weighted by Gasteiger charge is 2.29. The van der Waals surface area contributed by atoms with E-state index >= 15 is 0 Å². The van der Waals surface area contributed by atoms with Crippen LogP contribution in [-0.4, -0.2) is 71.0 Å². The van der Waals surface area contributed by atoms with Crippen LogP contribution in [0.5, 0.6) is 11.5 Å². The lowest BCUT2D eigenvalue weighted by molar-refractivity contribution is 0.366. The molecule has 5 aromatic heterocycles. The van der Waals surface area contributed by atoms with Crippen LogP contribution in [0.1, 0.15) is 38.9 Å². The lowest BCUT2D eigenvalue weighted by atomic mass is 9.91. The van der Waals surface area contributed by atoms with Crippen molar-refractivity contribution in [2.75, 3.05) is 37.8 Å². The van der Waals surface area contributed by atoms with Gasteiger partial charge in [0.05, 0.1) is 30.8 Å². The molecule has 0 aromatic carbocycles. The Kier molecular flexibility index (Phi) is 6.11. The zero-order valence-corrected chi connectivity index (χ0v) is 23.7. The zero-order valence-electron chi connectivity index (χ0n) is 22.9. The molecule has 6 heterocycles. The molecule has 0 unspecified atom stereocenters. The van der Waals surface area contributed by atoms with Crippen molar-refractivity contribution in [3.8, 4) is 11.5 Å². The molecule has 0 bridgehead atoms. The molecule has 13 heteroatoms. The third kappa shape index (κ3) is 4.53. The van der Waals surface area contributed by atoms with Gasteiger partial charge in [-0.3, -0.25) is 4.68 Å². The van der Waals surface area contributed by atoms with E-state index < -0.39 is 0 Å². The molecule has 0 saturated carbocycles. The molecule has 204 valence electrons. The van der Waals surface area contributed by atoms with Crippen LogP contribution < -0.4 is 15.4 Å². The number of anilines is 3. The second-order valence-electron chi connectivity index (χ2n) is 11.0. The van der Waals surface area contributed by atoms with Crippen molar-refractivity contribution in [3.63, 3.8) is 0 Å². The normalized spacial score (nSPS) is 16.4. The van der Waals surface area contributed by atoms with Gasteiger partial charge in [0.1, 0.15) is 21.9 Å². The number of nitrogens with zero attached hydrogens (tertiary/aromatic N) is 9. The van der Waals surface area contributed by atoms with E-state index in [4.69, 9.17) is 26.4 Å². The van der Waals surface area contributed by atoms with Crippen LogP contribution in [0.15, 0.2) is 30.9 Å². The van der Waals surface area contributed by atoms with E-state index in [0.29, 0.717) is 51.0 Å². The van der Waals surface area contributed by atoms with E-state index in [9.17, 15) is 0 Å². The summed E-state index contributed by atoms with van der Waals surface area (Å²) in [4.78, 5) is 15.9. The fourth-order valence-electron chi connectivity index (χ4n) is 5.00. The van der Waals surface area contributed by atoms with Crippen LogP contribution in [-0.2, 0) is 12.5 Å². The van der Waals surface area contributed by atoms with Crippen molar-refractivity contribution in [2.45, 2.75) is 38.6 Å². The first-order valence-corrected chi connectivity index (χ1v) is 13.3. The zero-order chi connectivity index (χ0) is 27.5. The van der Waals surface area contributed by atoms with Crippen molar-refractivity contribution in [1.82, 2.24) is 43.8 Å². The van der Waals surface area contributed by atoms with Gasteiger partial charge in [-0.15, -0.1) is 0 Å². The SMILES string of the molecule is CNc1cn2ncc(Oc3cnc4nc(Nc5cc(C(C)(C)C)n([C@H]6CCN(C)C6)n5)n(C)c4c3Cl)c2cn1. The Bertz CT molecular complexity index is 1680. The standard InChI is InChI=1S/C26H32ClN11O/c1-26(2,3)19-9-20(34-38(19)15-7-8-35(5)13-15)32-25-33-24-23(36(25)6)22(27)18(11-30-24)39-17-12-31-37-14-21(28-4)29-10-16(17)37/h9-12,14-15,28H,7-8,13H2,1-6H3,(H,30,32,33,34)/t15-/m0/s1. The van der Waals surface area contributed by atoms with Crippen molar-refractivity contribution >= 4 is 45.9 Å². The topological polar surface area (TPSA) is 115 Å². The number of rotatable bonds is 6. The van der Waals surface area contributed by atoms with E-state index in [1.54, 1.807) is 36.4 Å². The predicted octanol–water partition coefficient (Wildman–Crippen LogP) is 4.61. The van der Waals surface area contributed by atoms with Gasteiger partial charge in [0.25, 0.3) is 0 Å². The maximum atomic E-state index is 6.84. The van der Waals surface area contributed by atoms with Crippen LogP contribution in [0.25, 0.3) is 16.7 Å². The lowest BCUT2D eigenvalue weighted by Crippen LogP contribution is -2.24. The van der Waals surface area contributed by atoms with Crippen LogP contribution in [0.2, 0.25) is 5.02 Å². The first-order valence-electron chi connectivity index (χ1n) is 12.9. The highest BCUT2D eigenvalue weighted by molar-refractivity contribution is 6.36. The molecule has 1 fully saturated rings. The average Bonchev–Trinajstić information content (AvgIpc) is 3.67. The summed E-state index contributed by atoms with van der Waals surface area (Å²) in [5, 5.41) is 16.1. The maximum absolute atomic E-state index is 6.84. The molecule has 0 aliphatic carbocycles. The fourth-order valence-corrected chi connectivity index (χ4v) is 5.30. The molecular weight excluding hydrogens is 518 g/mol. The molecule has 5 aromatic rings. The van der Waals surface area contributed by atoms with E-state index in [0.717, 1.165) is 25.3 Å². The van der Waals surface area contributed by atoms with Gasteiger partial charge < -0.3 is 24.8 Å². The number of aryl methyl sites for hydroxylation is 1. The van der Waals surface area contributed by atoms with E-state index in [1.807, 2.05) is 11.6 Å². The van der Waals surface area contributed by atoms with Crippen molar-refractivity contribution in [2.24, 2.45) is 7.05 Å². The second kappa shape index (κ2) is 9.38. The van der Waals surface area contributed by atoms with Crippen LogP contribution >= 0.6 is 11.6 Å². The monoisotopic (exact) mass is 549 g/mol. The number of hydrogen-bond acceptors (Lipinski definition) is 9. The van der Waals surface area contributed by atoms with E-state index in [1.165, 1.54) is 5.69 Å². The number of halogens is 1. The Morgan fingerprint density at radius 2 is 1.90 bits per heavy atom. The van der Waals surface area contributed by atoms with Gasteiger partial charge in [0, 0.05) is 37.8 Å². The van der Waals surface area contributed by atoms with Gasteiger partial charge >= 0.3 is 0 Å². The fraction of sp³-hybridized carbons (Fsp3) is 0.423. The van der Waals surface area contributed by atoms with Gasteiger partial charge in [-0.25, -0.2) is 14.5 Å². The third-order valence-electron chi connectivity index (χ3n) is 7.11. The minimum atomic E-state index is -0.0558. The number of nitrogens with one attached hydrogen (secondary N) is 2. The number of imidazole rings is 1. The van der Waals surface area contributed by atoms with Crippen LogP contribution in [0, 0.1) is 0 Å². The van der Waals surface area contributed by atoms with E-state index in [2.05, 4.69) is 69.2 Å². The molecule has 6 rings (SSSR count). The summed E-state index contributed by atoms with van der Waals surface area (Å²) in [7, 11) is 5.84. The Morgan fingerprint density at radius 3 is 2.62 bits per heavy atom. The number of likely N-dealkylation sites (tertiary alicyclic amines) is 1. The van der Waals surface area contributed by atoms with Gasteiger partial charge in [0.15, 0.2) is 23.0 Å². The molecule has 12 nitrogen and oxygen atoms in total. The largest absolute Gasteiger partial charge is 0.450 e. The molecule has 39 heavy (non-hydrogen) atoms. The third-order valence-corrected chi connectivity index (χ3v) is 7.47. The smallest absolute Gasteiger partial charge is 0.210 e. The molecule has 2 N–H and O–H groups in total. The summed E-state index contributed by atoms with van der Waals surface area (Å²) in [6.07, 6.45) is 7.74. The first kappa shape index (κ1) is 25.4. The highest BCUT2D eigenvalue weighted by atomic mass is 35.5. The van der Waals surface area contributed by atoms with Gasteiger partial charge in [0.2, 0.25) is 5.95 Å². The maximum Gasteiger partial charge on any atom is 0.210 e. The highest BCUT2D eigenvalue weighted by Crippen LogP contribution is 2.37. The van der Waals surface area contributed by atoms with Gasteiger partial charge in [-0.05, 0) is 20.0 Å². The molecule has 0 amide bonds. The second-order valence-corrected chi connectivity index (χ2v) is 11.4. The number of fused-ring (bicyclic) bond motifs is 2. The summed E-state index contributed by atoms with van der Waals surface area (Å²) in [6.45, 7) is 8.69. The Balaban J connectivity index is 1.32. The summed E-state index contributed by atoms with van der Waals surface area (Å²) in [5.41, 5.74) is 2.98. The number of aromatic nitrogens is 8. The first-order chi connectivity index (χ1) is 18.6. The predicted molar refractivity (Wildman–Crippen MR) is 151 cm³/mol. The molecular formula is C26H32ClN11O. The number of likely N-dealkylation sites (N-methyl/N-ethyl adjacent to an activating group) is 1. The molecule has 1 saturated heterocycles. The number of pyridine rings is 1. The summed E-state index contributed by atoms with van der Waals surface area (Å²) < 4.78 is 11.9. The van der Waals surface area contributed by atoms with Crippen LogP contribution in [0.3, 0.4) is 0 Å². The minimum Gasteiger partial charge on any atom is -0.450 e. The Labute approximate surface area is 231 Å². The molecule has 1 aliphatic rings. The minimum absolute atomic E-state index is 0.0558. The molecule has 0 radical (unpaired) electrons. The molecule has 0 spiro atoms.